The Morgan fingerprint density at radius 2 is 2.11 bits per heavy atom. The molecular weight excluding hydrogens is 262 g/mol. The molecule has 1 unspecified atom stereocenters. The standard InChI is InChI=1S/C14H26ClN3O/c1-6-11-13(15)12(18(5)17-11)8-16-9-14(4,19)7-10(2)3/h10,16,19H,6-9H2,1-5H3. The maximum Gasteiger partial charge on any atom is 0.0863 e. The Kier molecular flexibility index (Phi) is 5.83. The predicted octanol–water partition coefficient (Wildman–Crippen LogP) is 2.52. The average molecular weight is 288 g/mol. The van der Waals surface area contributed by atoms with E-state index in [0.717, 1.165) is 29.3 Å². The fourth-order valence-corrected chi connectivity index (χ4v) is 2.77. The molecule has 0 aliphatic rings. The van der Waals surface area contributed by atoms with Gasteiger partial charge in [-0.2, -0.15) is 5.10 Å². The quantitative estimate of drug-likeness (QED) is 0.810. The van der Waals surface area contributed by atoms with Crippen molar-refractivity contribution in [1.82, 2.24) is 15.1 Å². The Hall–Kier alpha value is -0.580. The van der Waals surface area contributed by atoms with Gasteiger partial charge in [0.1, 0.15) is 0 Å². The van der Waals surface area contributed by atoms with Crippen molar-refractivity contribution < 1.29 is 5.11 Å². The molecule has 1 heterocycles. The van der Waals surface area contributed by atoms with Crippen LogP contribution < -0.4 is 5.32 Å². The summed E-state index contributed by atoms with van der Waals surface area (Å²) in [7, 11) is 1.90. The molecule has 19 heavy (non-hydrogen) atoms. The number of nitrogens with one attached hydrogen (secondary N) is 1. The number of halogens is 1. The van der Waals surface area contributed by atoms with Crippen molar-refractivity contribution >= 4 is 11.6 Å². The van der Waals surface area contributed by atoms with Gasteiger partial charge in [-0.1, -0.05) is 32.4 Å². The molecule has 0 radical (unpaired) electrons. The lowest BCUT2D eigenvalue weighted by atomic mass is 9.94. The maximum atomic E-state index is 10.2. The van der Waals surface area contributed by atoms with Gasteiger partial charge in [-0.25, -0.2) is 0 Å². The SMILES string of the molecule is CCc1nn(C)c(CNCC(C)(O)CC(C)C)c1Cl. The molecule has 1 atom stereocenters. The van der Waals surface area contributed by atoms with E-state index in [1.807, 2.05) is 25.6 Å². The fourth-order valence-electron chi connectivity index (χ4n) is 2.41. The summed E-state index contributed by atoms with van der Waals surface area (Å²) in [6, 6.07) is 0. The van der Waals surface area contributed by atoms with Crippen molar-refractivity contribution in [1.29, 1.82) is 0 Å². The largest absolute Gasteiger partial charge is 0.389 e. The van der Waals surface area contributed by atoms with Crippen molar-refractivity contribution in [3.8, 4) is 0 Å². The Morgan fingerprint density at radius 3 is 2.58 bits per heavy atom. The van der Waals surface area contributed by atoms with Crippen LogP contribution in [0.15, 0.2) is 0 Å². The second-order valence-electron chi connectivity index (χ2n) is 5.88. The molecule has 0 spiro atoms. The second-order valence-corrected chi connectivity index (χ2v) is 6.26. The monoisotopic (exact) mass is 287 g/mol. The molecule has 0 amide bonds. The topological polar surface area (TPSA) is 50.1 Å². The van der Waals surface area contributed by atoms with Crippen LogP contribution in [-0.2, 0) is 20.0 Å². The maximum absolute atomic E-state index is 10.2. The van der Waals surface area contributed by atoms with Crippen LogP contribution in [0.25, 0.3) is 0 Å². The van der Waals surface area contributed by atoms with Gasteiger partial charge >= 0.3 is 0 Å². The fraction of sp³-hybridized carbons (Fsp3) is 0.786. The van der Waals surface area contributed by atoms with E-state index in [1.165, 1.54) is 0 Å². The minimum atomic E-state index is -0.688. The van der Waals surface area contributed by atoms with Gasteiger partial charge in [0, 0.05) is 20.1 Å². The lowest BCUT2D eigenvalue weighted by molar-refractivity contribution is 0.0382. The zero-order valence-corrected chi connectivity index (χ0v) is 13.4. The van der Waals surface area contributed by atoms with E-state index in [1.54, 1.807) is 0 Å². The highest BCUT2D eigenvalue weighted by atomic mass is 35.5. The zero-order chi connectivity index (χ0) is 14.6. The van der Waals surface area contributed by atoms with E-state index in [2.05, 4.69) is 24.3 Å². The first-order chi connectivity index (χ1) is 8.76. The smallest absolute Gasteiger partial charge is 0.0863 e. The van der Waals surface area contributed by atoms with Gasteiger partial charge in [-0.15, -0.1) is 0 Å². The van der Waals surface area contributed by atoms with Gasteiger partial charge in [0.15, 0.2) is 0 Å². The van der Waals surface area contributed by atoms with Crippen molar-refractivity contribution in [2.75, 3.05) is 6.54 Å². The van der Waals surface area contributed by atoms with Gasteiger partial charge in [-0.3, -0.25) is 4.68 Å². The summed E-state index contributed by atoms with van der Waals surface area (Å²) in [5.41, 5.74) is 1.21. The molecule has 5 heteroatoms. The minimum Gasteiger partial charge on any atom is -0.389 e. The normalized spacial score (nSPS) is 14.9. The number of nitrogens with zero attached hydrogens (tertiary/aromatic N) is 2. The van der Waals surface area contributed by atoms with E-state index in [9.17, 15) is 5.11 Å². The summed E-state index contributed by atoms with van der Waals surface area (Å²) in [6.45, 7) is 9.30. The summed E-state index contributed by atoms with van der Waals surface area (Å²) in [4.78, 5) is 0. The lowest BCUT2D eigenvalue weighted by Gasteiger charge is -2.25. The van der Waals surface area contributed by atoms with Crippen LogP contribution in [0.5, 0.6) is 0 Å². The summed E-state index contributed by atoms with van der Waals surface area (Å²) in [6.07, 6.45) is 1.61. The summed E-state index contributed by atoms with van der Waals surface area (Å²) in [5, 5.41) is 18.6. The minimum absolute atomic E-state index is 0.476. The molecular formula is C14H26ClN3O. The van der Waals surface area contributed by atoms with Gasteiger partial charge in [0.05, 0.1) is 22.0 Å². The Labute approximate surface area is 121 Å². The van der Waals surface area contributed by atoms with Crippen LogP contribution in [-0.4, -0.2) is 27.0 Å². The van der Waals surface area contributed by atoms with Crippen LogP contribution in [0.1, 0.15) is 45.5 Å². The third kappa shape index (κ3) is 4.79. The molecule has 1 aromatic heterocycles. The van der Waals surface area contributed by atoms with Crippen molar-refractivity contribution in [2.45, 2.75) is 52.7 Å². The molecule has 2 N–H and O–H groups in total. The second kappa shape index (κ2) is 6.73. The Bertz CT molecular complexity index is 413. The first kappa shape index (κ1) is 16.5. The van der Waals surface area contributed by atoms with Gasteiger partial charge < -0.3 is 10.4 Å². The Balaban J connectivity index is 2.56. The van der Waals surface area contributed by atoms with Gasteiger partial charge in [0.25, 0.3) is 0 Å². The van der Waals surface area contributed by atoms with E-state index in [-0.39, 0.29) is 0 Å². The number of aliphatic hydroxyl groups is 1. The van der Waals surface area contributed by atoms with Crippen molar-refractivity contribution in [3.63, 3.8) is 0 Å². The highest BCUT2D eigenvalue weighted by Crippen LogP contribution is 2.21. The van der Waals surface area contributed by atoms with Crippen molar-refractivity contribution in [2.24, 2.45) is 13.0 Å². The van der Waals surface area contributed by atoms with Crippen LogP contribution in [0.4, 0.5) is 0 Å². The van der Waals surface area contributed by atoms with E-state index in [4.69, 9.17) is 11.6 Å². The molecule has 1 rings (SSSR count). The number of rotatable bonds is 7. The van der Waals surface area contributed by atoms with Crippen LogP contribution >= 0.6 is 11.6 Å². The molecule has 4 nitrogen and oxygen atoms in total. The number of aromatic nitrogens is 2. The number of hydrogen-bond acceptors (Lipinski definition) is 3. The van der Waals surface area contributed by atoms with Crippen LogP contribution in [0.3, 0.4) is 0 Å². The lowest BCUT2D eigenvalue weighted by Crippen LogP contribution is -2.38. The van der Waals surface area contributed by atoms with E-state index >= 15 is 0 Å². The number of aryl methyl sites for hydroxylation is 2. The van der Waals surface area contributed by atoms with Gasteiger partial charge in [0.2, 0.25) is 0 Å². The van der Waals surface area contributed by atoms with E-state index in [0.29, 0.717) is 19.0 Å². The molecule has 110 valence electrons. The third-order valence-electron chi connectivity index (χ3n) is 3.15. The van der Waals surface area contributed by atoms with Crippen LogP contribution in [0, 0.1) is 5.92 Å². The number of hydrogen-bond donors (Lipinski definition) is 2. The highest BCUT2D eigenvalue weighted by molar-refractivity contribution is 6.31. The third-order valence-corrected chi connectivity index (χ3v) is 3.59. The zero-order valence-electron chi connectivity index (χ0n) is 12.6. The average Bonchev–Trinajstić information content (AvgIpc) is 2.54. The van der Waals surface area contributed by atoms with Gasteiger partial charge in [-0.05, 0) is 25.7 Å². The summed E-state index contributed by atoms with van der Waals surface area (Å²) >= 11 is 6.28. The van der Waals surface area contributed by atoms with Crippen LogP contribution in [0.2, 0.25) is 5.02 Å². The Morgan fingerprint density at radius 1 is 1.47 bits per heavy atom. The molecule has 0 saturated carbocycles. The molecule has 0 saturated heterocycles. The summed E-state index contributed by atoms with van der Waals surface area (Å²) < 4.78 is 1.81. The molecule has 0 aliphatic heterocycles. The predicted molar refractivity (Wildman–Crippen MR) is 79.4 cm³/mol. The van der Waals surface area contributed by atoms with Crippen molar-refractivity contribution in [3.05, 3.63) is 16.4 Å². The molecule has 0 aromatic carbocycles. The van der Waals surface area contributed by atoms with E-state index < -0.39 is 5.60 Å². The highest BCUT2D eigenvalue weighted by Gasteiger charge is 2.22. The molecule has 1 aromatic rings. The summed E-state index contributed by atoms with van der Waals surface area (Å²) in [5.74, 6) is 0.476. The first-order valence-corrected chi connectivity index (χ1v) is 7.28. The molecule has 0 fully saturated rings. The first-order valence-electron chi connectivity index (χ1n) is 6.90. The molecule has 0 bridgehead atoms. The molecule has 0 aliphatic carbocycles.